The summed E-state index contributed by atoms with van der Waals surface area (Å²) in [7, 11) is 25.0. The molecule has 0 radical (unpaired) electrons. The van der Waals surface area contributed by atoms with E-state index < -0.39 is 14.7 Å². The first-order valence-electron chi connectivity index (χ1n) is 8.81. The van der Waals surface area contributed by atoms with E-state index in [2.05, 4.69) is 39.3 Å². The van der Waals surface area contributed by atoms with Crippen LogP contribution in [0.3, 0.4) is 0 Å². The van der Waals surface area contributed by atoms with Crippen molar-refractivity contribution in [2.45, 2.75) is 24.9 Å². The first kappa shape index (κ1) is 23.8. The average Bonchev–Trinajstić information content (AvgIpc) is 3.23. The monoisotopic (exact) mass is 626 g/mol. The van der Waals surface area contributed by atoms with Crippen LogP contribution in [0.5, 0.6) is 0 Å². The van der Waals surface area contributed by atoms with E-state index >= 15 is 0 Å². The van der Waals surface area contributed by atoms with E-state index in [1.54, 1.807) is 4.85 Å². The molecule has 12 heteroatoms. The van der Waals surface area contributed by atoms with E-state index in [0.29, 0.717) is 0 Å². The summed E-state index contributed by atoms with van der Waals surface area (Å²) in [6.07, 6.45) is 13.8. The van der Waals surface area contributed by atoms with Gasteiger partial charge < -0.3 is 4.84 Å². The van der Waals surface area contributed by atoms with Crippen molar-refractivity contribution < 1.29 is 9.41 Å². The van der Waals surface area contributed by atoms with Crippen LogP contribution >= 0.6 is 53.0 Å². The minimum atomic E-state index is -5.42. The Bertz CT molecular complexity index is 964. The van der Waals surface area contributed by atoms with Gasteiger partial charge in [0.15, 0.2) is 6.21 Å². The number of halogens is 6. The van der Waals surface area contributed by atoms with Crippen LogP contribution in [0.4, 0.5) is 0 Å². The van der Waals surface area contributed by atoms with E-state index in [4.69, 9.17) is 57.8 Å². The van der Waals surface area contributed by atoms with E-state index in [1.807, 2.05) is 30.3 Å². The molecule has 0 N–H and O–H groups in total. The van der Waals surface area contributed by atoms with Gasteiger partial charge in [-0.25, -0.2) is 4.58 Å². The summed E-state index contributed by atoms with van der Waals surface area (Å²) in [6.45, 7) is 2.20. The van der Waals surface area contributed by atoms with Gasteiger partial charge >= 0.3 is 62.1 Å². The molecule has 5 nitrogen and oxygen atoms in total. The SMILES string of the molecule is C1=CCC(C=[N+]2CCCC2)(On2nnc3ccccc32)C=C1.[Cl][Sb-]([Cl])([Cl])([Cl])([Cl])[Cl]. The zero-order valence-electron chi connectivity index (χ0n) is 15.1. The summed E-state index contributed by atoms with van der Waals surface area (Å²) in [5.41, 5.74) is 1.24. The van der Waals surface area contributed by atoms with Crippen molar-refractivity contribution in [3.63, 3.8) is 0 Å². The van der Waals surface area contributed by atoms with Crippen molar-refractivity contribution in [3.8, 4) is 0 Å². The summed E-state index contributed by atoms with van der Waals surface area (Å²) in [5.74, 6) is 0. The van der Waals surface area contributed by atoms with Crippen LogP contribution in [0.15, 0.2) is 48.6 Å². The fourth-order valence-corrected chi connectivity index (χ4v) is 3.06. The molecular weight excluding hydrogens is 611 g/mol. The number of hydrogen-bond acceptors (Lipinski definition) is 3. The number of hydrogen-bond donors (Lipinski definition) is 0. The average molecular weight is 630 g/mol. The molecule has 1 fully saturated rings. The minimum absolute atomic E-state index is 0.491. The molecule has 0 saturated carbocycles. The number of aromatic nitrogens is 3. The Kier molecular flexibility index (Phi) is 6.76. The molecule has 1 aromatic carbocycles. The first-order chi connectivity index (χ1) is 13.3. The van der Waals surface area contributed by atoms with Gasteiger partial charge in [-0.05, 0) is 23.4 Å². The zero-order chi connectivity index (χ0) is 21.2. The second kappa shape index (κ2) is 8.24. The molecular formula is C17H19Cl6N4OSb. The van der Waals surface area contributed by atoms with Crippen LogP contribution in [-0.2, 0) is 0 Å². The van der Waals surface area contributed by atoms with Crippen molar-refractivity contribution in [1.29, 1.82) is 0 Å². The van der Waals surface area contributed by atoms with Crippen LogP contribution in [0.1, 0.15) is 19.3 Å². The number of para-hydroxylation sites is 1. The van der Waals surface area contributed by atoms with Gasteiger partial charge in [0.2, 0.25) is 5.60 Å². The number of allylic oxidation sites excluding steroid dienone is 2. The fraction of sp³-hybridized carbons (Fsp3) is 0.353. The first-order valence-corrected chi connectivity index (χ1v) is 28.2. The van der Waals surface area contributed by atoms with Gasteiger partial charge in [-0.15, -0.1) is 5.10 Å². The molecule has 4 rings (SSSR count). The predicted molar refractivity (Wildman–Crippen MR) is 126 cm³/mol. The molecule has 0 spiro atoms. The maximum absolute atomic E-state index is 6.27. The standard InChI is InChI=1S/C17H19N4O.6ClH.Sb/c1-4-10-17(11-5-1,14-20-12-6-7-13-20)22-21-16-9-3-2-8-15(16)18-19-21;;;;;;;/h1-5,8-10,14H,6-7,11-13H2;6*1H;/q+1;;;;;;;+5/p-6. The van der Waals surface area contributed by atoms with Crippen LogP contribution in [0.2, 0.25) is 0 Å². The van der Waals surface area contributed by atoms with Gasteiger partial charge in [0.25, 0.3) is 0 Å². The Balaban J connectivity index is 0.000000298. The summed E-state index contributed by atoms with van der Waals surface area (Å²) < 4.78 is 2.35. The quantitative estimate of drug-likeness (QED) is 0.321. The summed E-state index contributed by atoms with van der Waals surface area (Å²) in [4.78, 5) is 7.81. The zero-order valence-corrected chi connectivity index (χ0v) is 22.2. The van der Waals surface area contributed by atoms with Crippen molar-refractivity contribution in [2.75, 3.05) is 13.1 Å². The third-order valence-electron chi connectivity index (χ3n) is 4.18. The Morgan fingerprint density at radius 2 is 1.69 bits per heavy atom. The van der Waals surface area contributed by atoms with Crippen molar-refractivity contribution >= 4 is 79.4 Å². The molecule has 1 aromatic heterocycles. The topological polar surface area (TPSA) is 43.0 Å². The van der Waals surface area contributed by atoms with Gasteiger partial charge in [-0.2, -0.15) is 0 Å². The van der Waals surface area contributed by atoms with Gasteiger partial charge in [0.1, 0.15) is 24.1 Å². The summed E-state index contributed by atoms with van der Waals surface area (Å²) in [5, 5.41) is 8.32. The number of benzene rings is 1. The van der Waals surface area contributed by atoms with Gasteiger partial charge in [0.05, 0.1) is 0 Å². The van der Waals surface area contributed by atoms with Crippen molar-refractivity contribution in [2.24, 2.45) is 0 Å². The van der Waals surface area contributed by atoms with Crippen LogP contribution in [-0.4, -0.2) is 53.8 Å². The van der Waals surface area contributed by atoms with E-state index in [-0.39, 0.29) is 0 Å². The molecule has 29 heavy (non-hydrogen) atoms. The van der Waals surface area contributed by atoms with Crippen LogP contribution in [0.25, 0.3) is 11.0 Å². The number of fused-ring (bicyclic) bond motifs is 1. The summed E-state index contributed by atoms with van der Waals surface area (Å²) in [6, 6.07) is 7.84. The number of nitrogens with zero attached hydrogens (tertiary/aromatic N) is 4. The molecule has 1 aliphatic heterocycles. The molecule has 2 heterocycles. The van der Waals surface area contributed by atoms with Crippen molar-refractivity contribution in [1.82, 2.24) is 15.2 Å². The fourth-order valence-electron chi connectivity index (χ4n) is 3.06. The molecule has 1 unspecified atom stereocenters. The molecule has 0 bridgehead atoms. The second-order valence-electron chi connectivity index (χ2n) is 6.82. The predicted octanol–water partition coefficient (Wildman–Crippen LogP) is 5.75. The molecule has 1 saturated heterocycles. The van der Waals surface area contributed by atoms with Gasteiger partial charge in [-0.3, -0.25) is 0 Å². The normalized spacial score (nSPS) is 23.9. The Morgan fingerprint density at radius 3 is 2.31 bits per heavy atom. The van der Waals surface area contributed by atoms with E-state index in [9.17, 15) is 0 Å². The third kappa shape index (κ3) is 8.65. The Hall–Kier alpha value is 0.128. The van der Waals surface area contributed by atoms with Crippen LogP contribution < -0.4 is 4.84 Å². The Labute approximate surface area is 188 Å². The third-order valence-corrected chi connectivity index (χ3v) is 4.18. The molecule has 0 amide bonds. The second-order valence-corrected chi connectivity index (χ2v) is 63.7. The van der Waals surface area contributed by atoms with Gasteiger partial charge in [-0.1, -0.05) is 35.2 Å². The molecule has 1 aliphatic carbocycles. The van der Waals surface area contributed by atoms with E-state index in [0.717, 1.165) is 30.5 Å². The Morgan fingerprint density at radius 1 is 1.03 bits per heavy atom. The number of rotatable bonds is 3. The molecule has 160 valence electrons. The maximum atomic E-state index is 6.27. The van der Waals surface area contributed by atoms with Crippen LogP contribution in [0, 0.1) is 0 Å². The van der Waals surface area contributed by atoms with Crippen molar-refractivity contribution in [3.05, 3.63) is 48.6 Å². The summed E-state index contributed by atoms with van der Waals surface area (Å²) >= 11 is 0. The molecule has 1 atom stereocenters. The van der Waals surface area contributed by atoms with E-state index in [1.165, 1.54) is 12.8 Å². The van der Waals surface area contributed by atoms with Gasteiger partial charge in [0, 0.05) is 19.3 Å². The molecule has 2 aromatic rings. The molecule has 2 aliphatic rings.